The summed E-state index contributed by atoms with van der Waals surface area (Å²) >= 11 is 0. The van der Waals surface area contributed by atoms with E-state index in [9.17, 15) is 30.4 Å². The molecule has 142 valence electrons. The predicted molar refractivity (Wildman–Crippen MR) is 79.3 cm³/mol. The van der Waals surface area contributed by atoms with Gasteiger partial charge in [0.15, 0.2) is 11.6 Å². The SMILES string of the molecule is O=S(=O)(O)c1ccc(-n2nc(C(F)(F)F)nc2-c2ccc(F)cc2F)nc1. The Labute approximate surface area is 147 Å². The fraction of sp³-hybridized carbons (Fsp3) is 0.0714. The van der Waals surface area contributed by atoms with Gasteiger partial charge in [-0.3, -0.25) is 4.55 Å². The van der Waals surface area contributed by atoms with Crippen molar-refractivity contribution in [3.8, 4) is 17.2 Å². The first-order chi connectivity index (χ1) is 12.5. The molecule has 1 N–H and O–H groups in total. The fourth-order valence-corrected chi connectivity index (χ4v) is 2.51. The second-order valence-corrected chi connectivity index (χ2v) is 6.54. The smallest absolute Gasteiger partial charge is 0.282 e. The van der Waals surface area contributed by atoms with Gasteiger partial charge < -0.3 is 0 Å². The van der Waals surface area contributed by atoms with Crippen molar-refractivity contribution in [2.24, 2.45) is 0 Å². The Morgan fingerprint density at radius 3 is 2.30 bits per heavy atom. The lowest BCUT2D eigenvalue weighted by Crippen LogP contribution is -2.09. The largest absolute Gasteiger partial charge is 0.453 e. The second kappa shape index (κ2) is 6.35. The van der Waals surface area contributed by atoms with Gasteiger partial charge >= 0.3 is 6.18 Å². The molecule has 13 heteroatoms. The van der Waals surface area contributed by atoms with Gasteiger partial charge in [0.25, 0.3) is 15.9 Å². The minimum atomic E-state index is -4.97. The van der Waals surface area contributed by atoms with Gasteiger partial charge in [-0.15, -0.1) is 5.10 Å². The van der Waals surface area contributed by atoms with Gasteiger partial charge in [-0.05, 0) is 24.3 Å². The van der Waals surface area contributed by atoms with E-state index in [-0.39, 0.29) is 5.82 Å². The topological polar surface area (TPSA) is 98.0 Å². The van der Waals surface area contributed by atoms with Crippen LogP contribution >= 0.6 is 0 Å². The zero-order valence-corrected chi connectivity index (χ0v) is 13.6. The van der Waals surface area contributed by atoms with Crippen molar-refractivity contribution in [3.63, 3.8) is 0 Å². The van der Waals surface area contributed by atoms with Crippen molar-refractivity contribution in [1.82, 2.24) is 19.7 Å². The number of hydrogen-bond donors (Lipinski definition) is 1. The minimum absolute atomic E-state index is 0.343. The average molecular weight is 406 g/mol. The molecule has 0 spiro atoms. The zero-order valence-electron chi connectivity index (χ0n) is 12.8. The Morgan fingerprint density at radius 2 is 1.78 bits per heavy atom. The summed E-state index contributed by atoms with van der Waals surface area (Å²) in [7, 11) is -4.58. The van der Waals surface area contributed by atoms with Gasteiger partial charge in [0.1, 0.15) is 16.5 Å². The van der Waals surface area contributed by atoms with Crippen LogP contribution in [-0.4, -0.2) is 32.7 Å². The van der Waals surface area contributed by atoms with E-state index in [1.54, 1.807) is 0 Å². The fourth-order valence-electron chi connectivity index (χ4n) is 2.09. The molecule has 7 nitrogen and oxygen atoms in total. The van der Waals surface area contributed by atoms with E-state index < -0.39 is 50.0 Å². The summed E-state index contributed by atoms with van der Waals surface area (Å²) in [6, 6.07) is 3.94. The average Bonchev–Trinajstić information content (AvgIpc) is 2.99. The molecule has 3 rings (SSSR count). The van der Waals surface area contributed by atoms with E-state index in [1.165, 1.54) is 0 Å². The number of aromatic nitrogens is 4. The van der Waals surface area contributed by atoms with Gasteiger partial charge in [-0.1, -0.05) is 0 Å². The number of halogens is 5. The molecule has 0 bridgehead atoms. The predicted octanol–water partition coefficient (Wildman–Crippen LogP) is 2.87. The quantitative estimate of drug-likeness (QED) is 0.531. The monoisotopic (exact) mass is 406 g/mol. The Morgan fingerprint density at radius 1 is 1.07 bits per heavy atom. The van der Waals surface area contributed by atoms with Crippen LogP contribution < -0.4 is 0 Å². The molecule has 0 radical (unpaired) electrons. The van der Waals surface area contributed by atoms with Crippen LogP contribution in [0.2, 0.25) is 0 Å². The third kappa shape index (κ3) is 3.78. The first-order valence-electron chi connectivity index (χ1n) is 6.90. The van der Waals surface area contributed by atoms with Crippen molar-refractivity contribution in [2.75, 3.05) is 0 Å². The van der Waals surface area contributed by atoms with Crippen LogP contribution in [0.3, 0.4) is 0 Å². The summed E-state index contributed by atoms with van der Waals surface area (Å²) in [5, 5.41) is 3.23. The third-order valence-corrected chi connectivity index (χ3v) is 4.11. The van der Waals surface area contributed by atoms with E-state index in [4.69, 9.17) is 4.55 Å². The molecule has 0 fully saturated rings. The van der Waals surface area contributed by atoms with Gasteiger partial charge in [0.05, 0.1) is 11.8 Å². The molecule has 2 aromatic heterocycles. The maximum Gasteiger partial charge on any atom is 0.453 e. The van der Waals surface area contributed by atoms with E-state index in [1.807, 2.05) is 0 Å². The Balaban J connectivity index is 2.21. The van der Waals surface area contributed by atoms with Crippen LogP contribution in [0.5, 0.6) is 0 Å². The van der Waals surface area contributed by atoms with Crippen LogP contribution in [0.15, 0.2) is 41.4 Å². The first kappa shape index (κ1) is 18.8. The summed E-state index contributed by atoms with van der Waals surface area (Å²) in [5.74, 6) is -4.72. The lowest BCUT2D eigenvalue weighted by Gasteiger charge is -2.06. The second-order valence-electron chi connectivity index (χ2n) is 5.12. The number of pyridine rings is 1. The number of benzene rings is 1. The maximum atomic E-state index is 14.0. The van der Waals surface area contributed by atoms with Crippen molar-refractivity contribution >= 4 is 10.1 Å². The summed E-state index contributed by atoms with van der Waals surface area (Å²) in [6.07, 6.45) is -4.30. The molecule has 0 aliphatic heterocycles. The third-order valence-electron chi connectivity index (χ3n) is 3.27. The van der Waals surface area contributed by atoms with Crippen LogP contribution in [0, 0.1) is 11.6 Å². The molecule has 0 amide bonds. The Hall–Kier alpha value is -2.93. The molecule has 0 aliphatic rings. The molecule has 0 unspecified atom stereocenters. The number of alkyl halides is 3. The molecule has 3 aromatic rings. The van der Waals surface area contributed by atoms with E-state index >= 15 is 0 Å². The molecule has 2 heterocycles. The normalized spacial score (nSPS) is 12.4. The molecule has 0 atom stereocenters. The molecular formula is C14H7F5N4O3S. The number of hydrogen-bond acceptors (Lipinski definition) is 5. The summed E-state index contributed by atoms with van der Waals surface area (Å²) in [5.41, 5.74) is -0.486. The van der Waals surface area contributed by atoms with Crippen LogP contribution in [0.25, 0.3) is 17.2 Å². The molecule has 27 heavy (non-hydrogen) atoms. The molecule has 1 aromatic carbocycles. The maximum absolute atomic E-state index is 14.0. The number of rotatable bonds is 3. The van der Waals surface area contributed by atoms with Crippen LogP contribution in [0.4, 0.5) is 22.0 Å². The van der Waals surface area contributed by atoms with E-state index in [2.05, 4.69) is 15.1 Å². The van der Waals surface area contributed by atoms with Gasteiger partial charge in [0.2, 0.25) is 0 Å². The standard InChI is InChI=1S/C14H7F5N4O3S/c15-7-1-3-9(10(16)5-7)12-21-13(14(17,18)19)22-23(12)11-4-2-8(6-20-11)27(24,25)26/h1-6H,(H,24,25,26). The van der Waals surface area contributed by atoms with Crippen LogP contribution in [0.1, 0.15) is 5.82 Å². The number of nitrogens with zero attached hydrogens (tertiary/aromatic N) is 4. The highest BCUT2D eigenvalue weighted by Crippen LogP contribution is 2.31. The molecule has 0 saturated heterocycles. The van der Waals surface area contributed by atoms with Gasteiger partial charge in [0, 0.05) is 6.07 Å². The molecular weight excluding hydrogens is 399 g/mol. The Kier molecular flexibility index (Phi) is 4.43. The molecule has 0 saturated carbocycles. The lowest BCUT2D eigenvalue weighted by molar-refractivity contribution is -0.144. The van der Waals surface area contributed by atoms with Crippen molar-refractivity contribution < 1.29 is 34.9 Å². The van der Waals surface area contributed by atoms with Crippen molar-refractivity contribution in [1.29, 1.82) is 0 Å². The van der Waals surface area contributed by atoms with Gasteiger partial charge in [-0.2, -0.15) is 26.3 Å². The highest BCUT2D eigenvalue weighted by Gasteiger charge is 2.38. The van der Waals surface area contributed by atoms with E-state index in [0.717, 1.165) is 24.3 Å². The van der Waals surface area contributed by atoms with E-state index in [0.29, 0.717) is 16.9 Å². The highest BCUT2D eigenvalue weighted by atomic mass is 32.2. The summed E-state index contributed by atoms with van der Waals surface area (Å²) in [4.78, 5) is 6.23. The summed E-state index contributed by atoms with van der Waals surface area (Å²) < 4.78 is 97.5. The summed E-state index contributed by atoms with van der Waals surface area (Å²) in [6.45, 7) is 0. The van der Waals surface area contributed by atoms with Crippen LogP contribution in [-0.2, 0) is 16.3 Å². The van der Waals surface area contributed by atoms with Gasteiger partial charge in [-0.25, -0.2) is 18.7 Å². The van der Waals surface area contributed by atoms with Crippen molar-refractivity contribution in [3.05, 3.63) is 54.0 Å². The highest BCUT2D eigenvalue weighted by molar-refractivity contribution is 7.85. The lowest BCUT2D eigenvalue weighted by atomic mass is 10.2. The minimum Gasteiger partial charge on any atom is -0.282 e. The molecule has 0 aliphatic carbocycles. The van der Waals surface area contributed by atoms with Crippen molar-refractivity contribution in [2.45, 2.75) is 11.1 Å². The Bertz CT molecular complexity index is 1110. The zero-order chi connectivity index (χ0) is 20.0. The first-order valence-corrected chi connectivity index (χ1v) is 8.34.